The van der Waals surface area contributed by atoms with Crippen LogP contribution >= 0.6 is 11.8 Å². The van der Waals surface area contributed by atoms with E-state index in [4.69, 9.17) is 9.84 Å². The predicted octanol–water partition coefficient (Wildman–Crippen LogP) is 4.34. The van der Waals surface area contributed by atoms with Crippen molar-refractivity contribution < 1.29 is 24.2 Å². The Labute approximate surface area is 166 Å². The van der Waals surface area contributed by atoms with Crippen LogP contribution in [0.3, 0.4) is 0 Å². The van der Waals surface area contributed by atoms with Gasteiger partial charge < -0.3 is 9.84 Å². The van der Waals surface area contributed by atoms with E-state index in [0.29, 0.717) is 28.3 Å². The molecule has 0 aliphatic carbocycles. The summed E-state index contributed by atoms with van der Waals surface area (Å²) in [6.45, 7) is 3.41. The Bertz CT molecular complexity index is 969. The topological polar surface area (TPSA) is 83.9 Å². The van der Waals surface area contributed by atoms with Crippen molar-refractivity contribution in [2.45, 2.75) is 26.4 Å². The van der Waals surface area contributed by atoms with Gasteiger partial charge in [0.25, 0.3) is 11.1 Å². The molecule has 1 N–H and O–H groups in total. The molecule has 1 aliphatic rings. The maximum absolute atomic E-state index is 12.8. The third-order valence-electron chi connectivity index (χ3n) is 4.22. The molecule has 0 radical (unpaired) electrons. The van der Waals surface area contributed by atoms with Gasteiger partial charge in [-0.3, -0.25) is 9.59 Å². The molecule has 1 aliphatic heterocycles. The summed E-state index contributed by atoms with van der Waals surface area (Å²) < 4.78 is 5.35. The van der Waals surface area contributed by atoms with E-state index in [1.807, 2.05) is 19.1 Å². The maximum atomic E-state index is 12.8. The number of carbonyl (C=O) groups is 3. The second-order valence-electron chi connectivity index (χ2n) is 6.17. The van der Waals surface area contributed by atoms with Crippen molar-refractivity contribution >= 4 is 40.6 Å². The van der Waals surface area contributed by atoms with Crippen molar-refractivity contribution in [3.8, 4) is 5.75 Å². The summed E-state index contributed by atoms with van der Waals surface area (Å²) in [4.78, 5) is 37.8. The Balaban J connectivity index is 1.87. The lowest BCUT2D eigenvalue weighted by Gasteiger charge is -2.16. The van der Waals surface area contributed by atoms with Crippen LogP contribution in [0.25, 0.3) is 6.08 Å². The molecule has 6 nitrogen and oxygen atoms in total. The zero-order valence-corrected chi connectivity index (χ0v) is 16.2. The number of rotatable bonds is 6. The summed E-state index contributed by atoms with van der Waals surface area (Å²) in [5.41, 5.74) is 2.16. The minimum Gasteiger partial charge on any atom is -0.479 e. The van der Waals surface area contributed by atoms with Gasteiger partial charge in [0.1, 0.15) is 5.75 Å². The number of carboxylic acid groups (broad SMARTS) is 1. The van der Waals surface area contributed by atoms with E-state index in [0.717, 1.165) is 17.3 Å². The molecule has 2 aromatic carbocycles. The van der Waals surface area contributed by atoms with Crippen molar-refractivity contribution in [1.29, 1.82) is 0 Å². The average Bonchev–Trinajstić information content (AvgIpc) is 2.95. The fourth-order valence-electron chi connectivity index (χ4n) is 2.79. The molecule has 1 fully saturated rings. The van der Waals surface area contributed by atoms with Crippen LogP contribution in [0.4, 0.5) is 10.5 Å². The largest absolute Gasteiger partial charge is 0.479 e. The van der Waals surface area contributed by atoms with Crippen molar-refractivity contribution in [2.24, 2.45) is 0 Å². The number of aryl methyl sites for hydroxylation is 1. The molecule has 28 heavy (non-hydrogen) atoms. The molecule has 0 bridgehead atoms. The highest BCUT2D eigenvalue weighted by molar-refractivity contribution is 8.19. The molecule has 1 saturated heterocycles. The molecule has 7 heteroatoms. The van der Waals surface area contributed by atoms with E-state index >= 15 is 0 Å². The first kappa shape index (κ1) is 19.7. The third kappa shape index (κ3) is 4.09. The highest BCUT2D eigenvalue weighted by Gasteiger charge is 2.37. The van der Waals surface area contributed by atoms with Gasteiger partial charge in [0.15, 0.2) is 6.10 Å². The number of amides is 2. The van der Waals surface area contributed by atoms with Crippen LogP contribution in [0.15, 0.2) is 53.4 Å². The predicted molar refractivity (Wildman–Crippen MR) is 108 cm³/mol. The summed E-state index contributed by atoms with van der Waals surface area (Å²) in [7, 11) is 0. The maximum Gasteiger partial charge on any atom is 0.344 e. The highest BCUT2D eigenvalue weighted by atomic mass is 32.2. The summed E-state index contributed by atoms with van der Waals surface area (Å²) in [6.07, 6.45) is 1.32. The van der Waals surface area contributed by atoms with Crippen LogP contribution in [0.2, 0.25) is 0 Å². The highest BCUT2D eigenvalue weighted by Crippen LogP contribution is 2.37. The standard InChI is InChI=1S/C21H19NO5S/c1-3-15-8-4-5-10-17(15)22-19(23)18(28-21(22)26)12-14-7-6-9-16(11-14)27-13(2)20(24)25/h4-13H,3H2,1-2H3,(H,24,25)/b18-12+. The van der Waals surface area contributed by atoms with Crippen molar-refractivity contribution in [2.75, 3.05) is 4.90 Å². The Morgan fingerprint density at radius 3 is 2.68 bits per heavy atom. The minimum absolute atomic E-state index is 0.305. The fraction of sp³-hybridized carbons (Fsp3) is 0.190. The Kier molecular flexibility index (Phi) is 5.84. The minimum atomic E-state index is -1.07. The van der Waals surface area contributed by atoms with E-state index in [-0.39, 0.29) is 11.1 Å². The third-order valence-corrected chi connectivity index (χ3v) is 5.09. The Morgan fingerprint density at radius 1 is 1.21 bits per heavy atom. The number of carboxylic acids is 1. The molecule has 3 rings (SSSR count). The van der Waals surface area contributed by atoms with E-state index in [9.17, 15) is 14.4 Å². The number of thioether (sulfide) groups is 1. The molecule has 2 aromatic rings. The number of para-hydroxylation sites is 1. The van der Waals surface area contributed by atoms with Gasteiger partial charge in [0.2, 0.25) is 0 Å². The normalized spacial score (nSPS) is 16.5. The number of ether oxygens (including phenoxy) is 1. The fourth-order valence-corrected chi connectivity index (χ4v) is 3.62. The summed E-state index contributed by atoms with van der Waals surface area (Å²) in [6, 6.07) is 14.1. The first-order valence-electron chi connectivity index (χ1n) is 8.76. The molecule has 2 amide bonds. The van der Waals surface area contributed by atoms with Gasteiger partial charge >= 0.3 is 5.97 Å². The molecule has 0 aromatic heterocycles. The Morgan fingerprint density at radius 2 is 1.96 bits per heavy atom. The Hall–Kier alpha value is -3.06. The van der Waals surface area contributed by atoms with Crippen molar-refractivity contribution in [3.05, 3.63) is 64.6 Å². The van der Waals surface area contributed by atoms with Crippen LogP contribution in [-0.2, 0) is 16.0 Å². The number of imide groups is 1. The second-order valence-corrected chi connectivity index (χ2v) is 7.16. The number of carbonyl (C=O) groups excluding carboxylic acids is 2. The van der Waals surface area contributed by atoms with Crippen LogP contribution in [0.5, 0.6) is 5.75 Å². The number of anilines is 1. The second kappa shape index (κ2) is 8.31. The zero-order valence-electron chi connectivity index (χ0n) is 15.4. The molecular formula is C21H19NO5S. The first-order valence-corrected chi connectivity index (χ1v) is 9.57. The van der Waals surface area contributed by atoms with E-state index in [1.54, 1.807) is 42.5 Å². The molecule has 1 heterocycles. The van der Waals surface area contributed by atoms with Gasteiger partial charge in [-0.05, 0) is 60.5 Å². The average molecular weight is 397 g/mol. The smallest absolute Gasteiger partial charge is 0.344 e. The number of hydrogen-bond donors (Lipinski definition) is 1. The van der Waals surface area contributed by atoms with E-state index in [2.05, 4.69) is 0 Å². The summed E-state index contributed by atoms with van der Waals surface area (Å²) >= 11 is 0.879. The molecule has 144 valence electrons. The lowest BCUT2D eigenvalue weighted by Crippen LogP contribution is -2.28. The molecule has 1 unspecified atom stereocenters. The van der Waals surface area contributed by atoms with Crippen molar-refractivity contribution in [1.82, 2.24) is 0 Å². The molecule has 0 saturated carbocycles. The van der Waals surface area contributed by atoms with Gasteiger partial charge in [-0.1, -0.05) is 37.3 Å². The molecule has 0 spiro atoms. The number of benzene rings is 2. The lowest BCUT2D eigenvalue weighted by molar-refractivity contribution is -0.144. The summed E-state index contributed by atoms with van der Waals surface area (Å²) in [5.74, 6) is -1.07. The molecule has 1 atom stereocenters. The van der Waals surface area contributed by atoms with Crippen LogP contribution < -0.4 is 9.64 Å². The van der Waals surface area contributed by atoms with E-state index < -0.39 is 12.1 Å². The SMILES string of the molecule is CCc1ccccc1N1C(=O)S/C(=C/c2cccc(OC(C)C(=O)O)c2)C1=O. The lowest BCUT2D eigenvalue weighted by atomic mass is 10.1. The quantitative estimate of drug-likeness (QED) is 0.730. The number of nitrogens with zero attached hydrogens (tertiary/aromatic N) is 1. The monoisotopic (exact) mass is 397 g/mol. The zero-order chi connectivity index (χ0) is 20.3. The van der Waals surface area contributed by atoms with Gasteiger partial charge in [-0.2, -0.15) is 0 Å². The van der Waals surface area contributed by atoms with Gasteiger partial charge in [-0.15, -0.1) is 0 Å². The van der Waals surface area contributed by atoms with Crippen molar-refractivity contribution in [3.63, 3.8) is 0 Å². The van der Waals surface area contributed by atoms with Crippen LogP contribution in [-0.4, -0.2) is 28.3 Å². The number of aliphatic carboxylic acids is 1. The van der Waals surface area contributed by atoms with Crippen LogP contribution in [0.1, 0.15) is 25.0 Å². The first-order chi connectivity index (χ1) is 13.4. The summed E-state index contributed by atoms with van der Waals surface area (Å²) in [5, 5.41) is 8.62. The van der Waals surface area contributed by atoms with E-state index in [1.165, 1.54) is 11.8 Å². The van der Waals surface area contributed by atoms with Gasteiger partial charge in [-0.25, -0.2) is 9.69 Å². The van der Waals surface area contributed by atoms with Crippen LogP contribution in [0, 0.1) is 0 Å². The van der Waals surface area contributed by atoms with Gasteiger partial charge in [0.05, 0.1) is 10.6 Å². The molecular weight excluding hydrogens is 378 g/mol. The van der Waals surface area contributed by atoms with Gasteiger partial charge in [0, 0.05) is 0 Å². The number of hydrogen-bond acceptors (Lipinski definition) is 5.